The SMILES string of the molecule is CN1CCC(CCB(O)O)C1. The van der Waals surface area contributed by atoms with E-state index in [4.69, 9.17) is 10.0 Å². The first-order valence-corrected chi connectivity index (χ1v) is 4.23. The fourth-order valence-corrected chi connectivity index (χ4v) is 1.65. The standard InChI is InChI=1S/C7H16BNO2/c1-9-5-3-7(6-9)2-4-8(10)11/h7,10-11H,2-6H2,1H3. The summed E-state index contributed by atoms with van der Waals surface area (Å²) in [6.45, 7) is 2.28. The van der Waals surface area contributed by atoms with E-state index in [1.165, 1.54) is 6.42 Å². The van der Waals surface area contributed by atoms with Gasteiger partial charge in [-0.05, 0) is 32.3 Å². The molecule has 1 aliphatic rings. The lowest BCUT2D eigenvalue weighted by Crippen LogP contribution is -2.16. The van der Waals surface area contributed by atoms with Gasteiger partial charge in [-0.2, -0.15) is 0 Å². The number of hydrogen-bond donors (Lipinski definition) is 2. The molecule has 0 aromatic carbocycles. The van der Waals surface area contributed by atoms with Gasteiger partial charge in [0.1, 0.15) is 0 Å². The molecule has 1 heterocycles. The molecule has 0 bridgehead atoms. The van der Waals surface area contributed by atoms with Crippen molar-refractivity contribution in [1.29, 1.82) is 0 Å². The van der Waals surface area contributed by atoms with Gasteiger partial charge >= 0.3 is 7.12 Å². The molecule has 1 saturated heterocycles. The molecule has 1 fully saturated rings. The molecule has 0 spiro atoms. The van der Waals surface area contributed by atoms with E-state index >= 15 is 0 Å². The average Bonchev–Trinajstić information content (AvgIpc) is 2.31. The van der Waals surface area contributed by atoms with Crippen LogP contribution in [0.25, 0.3) is 0 Å². The van der Waals surface area contributed by atoms with Gasteiger partial charge in [-0.15, -0.1) is 0 Å². The lowest BCUT2D eigenvalue weighted by molar-refractivity contribution is 0.375. The zero-order chi connectivity index (χ0) is 8.27. The molecule has 4 heteroatoms. The molecule has 1 unspecified atom stereocenters. The Morgan fingerprint density at radius 2 is 2.27 bits per heavy atom. The molecule has 1 aliphatic heterocycles. The van der Waals surface area contributed by atoms with Crippen LogP contribution in [0.3, 0.4) is 0 Å². The zero-order valence-corrected chi connectivity index (χ0v) is 7.03. The summed E-state index contributed by atoms with van der Waals surface area (Å²) in [6.07, 6.45) is 2.68. The van der Waals surface area contributed by atoms with Crippen molar-refractivity contribution in [3.05, 3.63) is 0 Å². The van der Waals surface area contributed by atoms with Crippen LogP contribution in [0, 0.1) is 5.92 Å². The Balaban J connectivity index is 2.08. The van der Waals surface area contributed by atoms with Crippen LogP contribution in [-0.4, -0.2) is 42.2 Å². The fraction of sp³-hybridized carbons (Fsp3) is 1.00. The van der Waals surface area contributed by atoms with E-state index in [2.05, 4.69) is 11.9 Å². The van der Waals surface area contributed by atoms with E-state index in [1.54, 1.807) is 0 Å². The maximum absolute atomic E-state index is 8.62. The van der Waals surface area contributed by atoms with Gasteiger partial charge in [0.25, 0.3) is 0 Å². The fourth-order valence-electron chi connectivity index (χ4n) is 1.65. The lowest BCUT2D eigenvalue weighted by atomic mass is 9.81. The summed E-state index contributed by atoms with van der Waals surface area (Å²) in [4.78, 5) is 2.29. The van der Waals surface area contributed by atoms with Crippen LogP contribution in [-0.2, 0) is 0 Å². The molecular weight excluding hydrogens is 141 g/mol. The molecule has 0 radical (unpaired) electrons. The Hall–Kier alpha value is -0.0551. The molecule has 1 atom stereocenters. The largest absolute Gasteiger partial charge is 0.451 e. The van der Waals surface area contributed by atoms with Crippen LogP contribution in [0.4, 0.5) is 0 Å². The topological polar surface area (TPSA) is 43.7 Å². The van der Waals surface area contributed by atoms with Crippen LogP contribution in [0.5, 0.6) is 0 Å². The second-order valence-electron chi connectivity index (χ2n) is 3.47. The Morgan fingerprint density at radius 1 is 1.55 bits per heavy atom. The van der Waals surface area contributed by atoms with Crippen LogP contribution >= 0.6 is 0 Å². The van der Waals surface area contributed by atoms with Crippen molar-refractivity contribution in [3.63, 3.8) is 0 Å². The highest BCUT2D eigenvalue weighted by molar-refractivity contribution is 6.40. The number of likely N-dealkylation sites (tertiary alicyclic amines) is 1. The second kappa shape index (κ2) is 4.09. The van der Waals surface area contributed by atoms with E-state index in [0.29, 0.717) is 12.2 Å². The third kappa shape index (κ3) is 3.23. The summed E-state index contributed by atoms with van der Waals surface area (Å²) in [6, 6.07) is 0. The van der Waals surface area contributed by atoms with Crippen LogP contribution < -0.4 is 0 Å². The third-order valence-electron chi connectivity index (χ3n) is 2.32. The smallest absolute Gasteiger partial charge is 0.427 e. The maximum atomic E-state index is 8.62. The molecule has 1 rings (SSSR count). The molecule has 0 aromatic rings. The van der Waals surface area contributed by atoms with E-state index in [1.807, 2.05) is 0 Å². The van der Waals surface area contributed by atoms with Gasteiger partial charge in [0.15, 0.2) is 0 Å². The number of nitrogens with zero attached hydrogens (tertiary/aromatic N) is 1. The third-order valence-corrected chi connectivity index (χ3v) is 2.32. The minimum Gasteiger partial charge on any atom is -0.427 e. The van der Waals surface area contributed by atoms with Gasteiger partial charge in [0, 0.05) is 6.54 Å². The summed E-state index contributed by atoms with van der Waals surface area (Å²) in [5.41, 5.74) is 0. The number of hydrogen-bond acceptors (Lipinski definition) is 3. The van der Waals surface area contributed by atoms with Crippen molar-refractivity contribution in [3.8, 4) is 0 Å². The summed E-state index contributed by atoms with van der Waals surface area (Å²) >= 11 is 0. The van der Waals surface area contributed by atoms with Crippen molar-refractivity contribution in [2.45, 2.75) is 19.2 Å². The molecule has 0 amide bonds. The molecular formula is C7H16BNO2. The minimum atomic E-state index is -1.11. The second-order valence-corrected chi connectivity index (χ2v) is 3.47. The summed E-state index contributed by atoms with van der Waals surface area (Å²) < 4.78 is 0. The first-order valence-electron chi connectivity index (χ1n) is 4.23. The van der Waals surface area contributed by atoms with Crippen molar-refractivity contribution < 1.29 is 10.0 Å². The van der Waals surface area contributed by atoms with Gasteiger partial charge in [-0.1, -0.05) is 6.42 Å². The first-order chi connectivity index (χ1) is 5.18. The van der Waals surface area contributed by atoms with Gasteiger partial charge in [-0.25, -0.2) is 0 Å². The molecule has 0 aliphatic carbocycles. The summed E-state index contributed by atoms with van der Waals surface area (Å²) in [5.74, 6) is 0.682. The van der Waals surface area contributed by atoms with Crippen LogP contribution in [0.1, 0.15) is 12.8 Å². The highest BCUT2D eigenvalue weighted by atomic mass is 16.4. The predicted octanol–water partition coefficient (Wildman–Crippen LogP) is -0.199. The molecule has 11 heavy (non-hydrogen) atoms. The van der Waals surface area contributed by atoms with Gasteiger partial charge < -0.3 is 14.9 Å². The Morgan fingerprint density at radius 3 is 2.73 bits per heavy atom. The van der Waals surface area contributed by atoms with Gasteiger partial charge in [0.05, 0.1) is 0 Å². The average molecular weight is 157 g/mol. The summed E-state index contributed by atoms with van der Waals surface area (Å²) in [7, 11) is 0.996. The molecule has 0 saturated carbocycles. The van der Waals surface area contributed by atoms with Crippen molar-refractivity contribution in [2.24, 2.45) is 5.92 Å². The Kier molecular flexibility index (Phi) is 3.36. The van der Waals surface area contributed by atoms with E-state index in [0.717, 1.165) is 19.5 Å². The van der Waals surface area contributed by atoms with Crippen LogP contribution in [0.2, 0.25) is 6.32 Å². The zero-order valence-electron chi connectivity index (χ0n) is 7.03. The highest BCUT2D eigenvalue weighted by Gasteiger charge is 2.20. The first kappa shape index (κ1) is 9.04. The maximum Gasteiger partial charge on any atom is 0.451 e. The quantitative estimate of drug-likeness (QED) is 0.557. The monoisotopic (exact) mass is 157 g/mol. The van der Waals surface area contributed by atoms with Gasteiger partial charge in [-0.3, -0.25) is 0 Å². The minimum absolute atomic E-state index is 0.526. The van der Waals surface area contributed by atoms with E-state index < -0.39 is 7.12 Å². The summed E-state index contributed by atoms with van der Waals surface area (Å²) in [5, 5.41) is 17.2. The molecule has 3 nitrogen and oxygen atoms in total. The van der Waals surface area contributed by atoms with Crippen molar-refractivity contribution in [1.82, 2.24) is 4.90 Å². The molecule has 0 aromatic heterocycles. The van der Waals surface area contributed by atoms with Crippen LogP contribution in [0.15, 0.2) is 0 Å². The van der Waals surface area contributed by atoms with Gasteiger partial charge in [0.2, 0.25) is 0 Å². The molecule has 2 N–H and O–H groups in total. The normalized spacial score (nSPS) is 25.9. The van der Waals surface area contributed by atoms with E-state index in [9.17, 15) is 0 Å². The van der Waals surface area contributed by atoms with Crippen molar-refractivity contribution in [2.75, 3.05) is 20.1 Å². The number of rotatable bonds is 3. The van der Waals surface area contributed by atoms with Crippen molar-refractivity contribution >= 4 is 7.12 Å². The lowest BCUT2D eigenvalue weighted by Gasteiger charge is -2.08. The van der Waals surface area contributed by atoms with E-state index in [-0.39, 0.29) is 0 Å². The highest BCUT2D eigenvalue weighted by Crippen LogP contribution is 2.19. The Bertz CT molecular complexity index is 121. The predicted molar refractivity (Wildman–Crippen MR) is 45.2 cm³/mol. The Labute approximate surface area is 68.2 Å². The molecule has 64 valence electrons.